The van der Waals surface area contributed by atoms with Gasteiger partial charge in [0.2, 0.25) is 5.91 Å². The molecule has 2 aromatic carbocycles. The number of hydrogen-bond acceptors (Lipinski definition) is 5. The van der Waals surface area contributed by atoms with Crippen LogP contribution < -0.4 is 11.1 Å². The van der Waals surface area contributed by atoms with Crippen molar-refractivity contribution in [3.63, 3.8) is 0 Å². The summed E-state index contributed by atoms with van der Waals surface area (Å²) in [5, 5.41) is 3.69. The Bertz CT molecular complexity index is 823. The summed E-state index contributed by atoms with van der Waals surface area (Å²) in [7, 11) is 0. The minimum atomic E-state index is -0.0463. The van der Waals surface area contributed by atoms with Crippen molar-refractivity contribution in [2.24, 2.45) is 0 Å². The van der Waals surface area contributed by atoms with Gasteiger partial charge in [-0.05, 0) is 24.3 Å². The monoisotopic (exact) mass is 324 g/mol. The molecule has 0 unspecified atom stereocenters. The zero-order valence-electron chi connectivity index (χ0n) is 12.4. The van der Waals surface area contributed by atoms with E-state index in [0.717, 1.165) is 16.6 Å². The summed E-state index contributed by atoms with van der Waals surface area (Å²) in [6, 6.07) is 17.0. The second-order valence-corrected chi connectivity index (χ2v) is 5.93. The number of aromatic nitrogens is 2. The molecule has 0 aliphatic carbocycles. The first kappa shape index (κ1) is 15.3. The van der Waals surface area contributed by atoms with Crippen molar-refractivity contribution in [3.8, 4) is 0 Å². The molecule has 23 heavy (non-hydrogen) atoms. The Hall–Kier alpha value is -2.60. The van der Waals surface area contributed by atoms with Gasteiger partial charge in [0.05, 0.1) is 17.0 Å². The number of nitrogens with two attached hydrogens (primary N) is 1. The predicted octanol–water partition coefficient (Wildman–Crippen LogP) is 3.08. The molecular weight excluding hydrogens is 308 g/mol. The molecule has 0 spiro atoms. The van der Waals surface area contributed by atoms with Gasteiger partial charge in [0.25, 0.3) is 0 Å². The van der Waals surface area contributed by atoms with E-state index >= 15 is 0 Å². The smallest absolute Gasteiger partial charge is 0.234 e. The lowest BCUT2D eigenvalue weighted by molar-refractivity contribution is -0.113. The molecule has 0 aliphatic heterocycles. The van der Waals surface area contributed by atoms with E-state index in [0.29, 0.717) is 23.1 Å². The SMILES string of the molecule is Nc1nc(CSCC(=O)Nc2ccccc2)nc2ccccc12. The summed E-state index contributed by atoms with van der Waals surface area (Å²) in [4.78, 5) is 20.7. The van der Waals surface area contributed by atoms with E-state index in [9.17, 15) is 4.79 Å². The molecule has 0 radical (unpaired) electrons. The Balaban J connectivity index is 1.57. The highest BCUT2D eigenvalue weighted by Gasteiger charge is 2.07. The lowest BCUT2D eigenvalue weighted by Gasteiger charge is -2.06. The quantitative estimate of drug-likeness (QED) is 0.754. The van der Waals surface area contributed by atoms with Crippen LogP contribution in [0.15, 0.2) is 54.6 Å². The van der Waals surface area contributed by atoms with Crippen LogP contribution in [0.4, 0.5) is 11.5 Å². The van der Waals surface area contributed by atoms with Crippen LogP contribution in [0.3, 0.4) is 0 Å². The number of benzene rings is 2. The Morgan fingerprint density at radius 1 is 1.04 bits per heavy atom. The number of carbonyl (C=O) groups excluding carboxylic acids is 1. The molecule has 3 N–H and O–H groups in total. The Kier molecular flexibility index (Phi) is 4.73. The molecule has 116 valence electrons. The minimum absolute atomic E-state index is 0.0463. The van der Waals surface area contributed by atoms with Gasteiger partial charge in [0.1, 0.15) is 11.6 Å². The van der Waals surface area contributed by atoms with Crippen LogP contribution in [0.1, 0.15) is 5.82 Å². The predicted molar refractivity (Wildman–Crippen MR) is 95.2 cm³/mol. The van der Waals surface area contributed by atoms with E-state index in [1.165, 1.54) is 11.8 Å². The van der Waals surface area contributed by atoms with Gasteiger partial charge in [0, 0.05) is 11.1 Å². The summed E-state index contributed by atoms with van der Waals surface area (Å²) in [5.41, 5.74) is 7.57. The first-order chi connectivity index (χ1) is 11.2. The summed E-state index contributed by atoms with van der Waals surface area (Å²) >= 11 is 1.46. The fourth-order valence-electron chi connectivity index (χ4n) is 2.17. The van der Waals surface area contributed by atoms with Crippen molar-refractivity contribution in [1.29, 1.82) is 0 Å². The van der Waals surface area contributed by atoms with Crippen molar-refractivity contribution in [2.75, 3.05) is 16.8 Å². The van der Waals surface area contributed by atoms with Crippen molar-refractivity contribution in [1.82, 2.24) is 9.97 Å². The zero-order chi connectivity index (χ0) is 16.1. The molecule has 1 heterocycles. The van der Waals surface area contributed by atoms with Crippen LogP contribution in [0.5, 0.6) is 0 Å². The Morgan fingerprint density at radius 2 is 1.78 bits per heavy atom. The van der Waals surface area contributed by atoms with Crippen molar-refractivity contribution in [3.05, 3.63) is 60.4 Å². The van der Waals surface area contributed by atoms with Gasteiger partial charge in [0.15, 0.2) is 0 Å². The molecule has 6 heteroatoms. The molecule has 1 amide bonds. The maximum Gasteiger partial charge on any atom is 0.234 e. The molecule has 0 saturated heterocycles. The molecule has 5 nitrogen and oxygen atoms in total. The fourth-order valence-corrected chi connectivity index (χ4v) is 2.84. The van der Waals surface area contributed by atoms with Crippen molar-refractivity contribution < 1.29 is 4.79 Å². The number of amides is 1. The number of nitrogens with zero attached hydrogens (tertiary/aromatic N) is 2. The van der Waals surface area contributed by atoms with Gasteiger partial charge in [-0.15, -0.1) is 11.8 Å². The van der Waals surface area contributed by atoms with E-state index in [-0.39, 0.29) is 5.91 Å². The number of fused-ring (bicyclic) bond motifs is 1. The summed E-state index contributed by atoms with van der Waals surface area (Å²) < 4.78 is 0. The van der Waals surface area contributed by atoms with Crippen LogP contribution in [-0.2, 0) is 10.5 Å². The summed E-state index contributed by atoms with van der Waals surface area (Å²) in [6.45, 7) is 0. The second kappa shape index (κ2) is 7.11. The second-order valence-electron chi connectivity index (χ2n) is 4.95. The maximum absolute atomic E-state index is 11.9. The molecule has 0 saturated carbocycles. The normalized spacial score (nSPS) is 10.6. The van der Waals surface area contributed by atoms with E-state index in [4.69, 9.17) is 5.73 Å². The third kappa shape index (κ3) is 3.98. The van der Waals surface area contributed by atoms with Gasteiger partial charge in [-0.3, -0.25) is 4.79 Å². The molecule has 1 aromatic heterocycles. The fraction of sp³-hybridized carbons (Fsp3) is 0.118. The van der Waals surface area contributed by atoms with Crippen LogP contribution >= 0.6 is 11.8 Å². The van der Waals surface area contributed by atoms with Crippen molar-refractivity contribution in [2.45, 2.75) is 5.75 Å². The first-order valence-corrected chi connectivity index (χ1v) is 8.31. The highest BCUT2D eigenvalue weighted by Crippen LogP contribution is 2.19. The largest absolute Gasteiger partial charge is 0.383 e. The highest BCUT2D eigenvalue weighted by molar-refractivity contribution is 7.99. The molecule has 3 aromatic rings. The molecule has 3 rings (SSSR count). The Labute approximate surface area is 138 Å². The van der Waals surface area contributed by atoms with Gasteiger partial charge in [-0.1, -0.05) is 30.3 Å². The number of para-hydroxylation sites is 2. The third-order valence-corrected chi connectivity index (χ3v) is 4.13. The zero-order valence-corrected chi connectivity index (χ0v) is 13.2. The molecule has 0 atom stereocenters. The van der Waals surface area contributed by atoms with Gasteiger partial charge < -0.3 is 11.1 Å². The maximum atomic E-state index is 11.9. The lowest BCUT2D eigenvalue weighted by Crippen LogP contribution is -2.14. The number of anilines is 2. The van der Waals surface area contributed by atoms with Crippen LogP contribution in [-0.4, -0.2) is 21.6 Å². The topological polar surface area (TPSA) is 80.9 Å². The number of nitrogen functional groups attached to an aromatic ring is 1. The van der Waals surface area contributed by atoms with Crippen LogP contribution in [0, 0.1) is 0 Å². The summed E-state index contributed by atoms with van der Waals surface area (Å²) in [6.07, 6.45) is 0. The minimum Gasteiger partial charge on any atom is -0.383 e. The van der Waals surface area contributed by atoms with E-state index in [1.54, 1.807) is 0 Å². The van der Waals surface area contributed by atoms with E-state index < -0.39 is 0 Å². The molecule has 0 fully saturated rings. The number of thioether (sulfide) groups is 1. The number of hydrogen-bond donors (Lipinski definition) is 2. The average molecular weight is 324 g/mol. The first-order valence-electron chi connectivity index (χ1n) is 7.16. The summed E-state index contributed by atoms with van der Waals surface area (Å²) in [5.74, 6) is 1.94. The Morgan fingerprint density at radius 3 is 2.61 bits per heavy atom. The average Bonchev–Trinajstić information content (AvgIpc) is 2.56. The third-order valence-electron chi connectivity index (χ3n) is 3.20. The molecular formula is C17H16N4OS. The van der Waals surface area contributed by atoms with Gasteiger partial charge >= 0.3 is 0 Å². The number of nitrogens with one attached hydrogen (secondary N) is 1. The highest BCUT2D eigenvalue weighted by atomic mass is 32.2. The van der Waals surface area contributed by atoms with Crippen LogP contribution in [0.2, 0.25) is 0 Å². The number of rotatable bonds is 5. The van der Waals surface area contributed by atoms with E-state index in [1.807, 2.05) is 54.6 Å². The lowest BCUT2D eigenvalue weighted by atomic mass is 10.2. The standard InChI is InChI=1S/C17H16N4OS/c18-17-13-8-4-5-9-14(13)20-15(21-17)10-23-11-16(22)19-12-6-2-1-3-7-12/h1-9H,10-11H2,(H,19,22)(H2,18,20,21). The molecule has 0 bridgehead atoms. The molecule has 0 aliphatic rings. The van der Waals surface area contributed by atoms with E-state index in [2.05, 4.69) is 15.3 Å². The van der Waals surface area contributed by atoms with Gasteiger partial charge in [-0.2, -0.15) is 0 Å². The van der Waals surface area contributed by atoms with Gasteiger partial charge in [-0.25, -0.2) is 9.97 Å². The van der Waals surface area contributed by atoms with Crippen molar-refractivity contribution >= 4 is 40.1 Å². The number of carbonyl (C=O) groups is 1. The van der Waals surface area contributed by atoms with Crippen LogP contribution in [0.25, 0.3) is 10.9 Å².